The summed E-state index contributed by atoms with van der Waals surface area (Å²) in [4.78, 5) is 11.9. The zero-order valence-electron chi connectivity index (χ0n) is 19.7. The highest BCUT2D eigenvalue weighted by Gasteiger charge is 2.30. The van der Waals surface area contributed by atoms with E-state index in [4.69, 9.17) is 14.0 Å². The van der Waals surface area contributed by atoms with Gasteiger partial charge >= 0.3 is 12.1 Å². The van der Waals surface area contributed by atoms with Crippen LogP contribution in [-0.4, -0.2) is 18.2 Å². The van der Waals surface area contributed by atoms with E-state index in [1.54, 1.807) is 13.0 Å². The zero-order valence-corrected chi connectivity index (χ0v) is 19.7. The minimum atomic E-state index is -4.36. The molecule has 0 saturated heterocycles. The number of benzene rings is 3. The van der Waals surface area contributed by atoms with Gasteiger partial charge in [0.1, 0.15) is 18.1 Å². The van der Waals surface area contributed by atoms with Gasteiger partial charge in [-0.05, 0) is 59.5 Å². The monoisotopic (exact) mass is 495 g/mol. The minimum Gasteiger partial charge on any atom is -0.489 e. The van der Waals surface area contributed by atoms with Crippen molar-refractivity contribution in [1.29, 1.82) is 0 Å². The second-order valence-electron chi connectivity index (χ2n) is 8.33. The number of carbonyl (C=O) groups excluding carboxylic acids is 1. The summed E-state index contributed by atoms with van der Waals surface area (Å²) in [5.74, 6) is 0.614. The fourth-order valence-electron chi connectivity index (χ4n) is 3.85. The molecule has 5 nitrogen and oxygen atoms in total. The topological polar surface area (TPSA) is 61.6 Å². The Hall–Kier alpha value is -4.07. The molecule has 1 atom stereocenters. The molecular formula is C28H24F3NO4. The van der Waals surface area contributed by atoms with Gasteiger partial charge in [-0.3, -0.25) is 4.79 Å². The molecule has 0 aliphatic carbocycles. The summed E-state index contributed by atoms with van der Waals surface area (Å²) in [5.41, 5.74) is 3.19. The van der Waals surface area contributed by atoms with Gasteiger partial charge in [-0.25, -0.2) is 0 Å². The lowest BCUT2D eigenvalue weighted by molar-refractivity contribution is -0.141. The molecule has 3 aromatic carbocycles. The van der Waals surface area contributed by atoms with Gasteiger partial charge in [0.05, 0.1) is 24.8 Å². The van der Waals surface area contributed by atoms with Crippen LogP contribution in [0.4, 0.5) is 13.2 Å². The molecule has 1 aromatic heterocycles. The molecule has 0 amide bonds. The molecule has 0 saturated carbocycles. The summed E-state index contributed by atoms with van der Waals surface area (Å²) in [5, 5.41) is 4.06. The number of carbonyl (C=O) groups is 1. The third-order valence-electron chi connectivity index (χ3n) is 5.76. The highest BCUT2D eigenvalue weighted by atomic mass is 19.4. The molecule has 8 heteroatoms. The lowest BCUT2D eigenvalue weighted by Crippen LogP contribution is -2.10. The maximum Gasteiger partial charge on any atom is 0.416 e. The van der Waals surface area contributed by atoms with Crippen molar-refractivity contribution in [3.05, 3.63) is 107 Å². The Kier molecular flexibility index (Phi) is 7.43. The number of rotatable bonds is 8. The van der Waals surface area contributed by atoms with Gasteiger partial charge in [0.15, 0.2) is 0 Å². The van der Waals surface area contributed by atoms with Gasteiger partial charge in [0.2, 0.25) is 0 Å². The van der Waals surface area contributed by atoms with Crippen molar-refractivity contribution in [2.45, 2.75) is 32.0 Å². The second kappa shape index (κ2) is 10.7. The molecule has 186 valence electrons. The van der Waals surface area contributed by atoms with Crippen LogP contribution in [0.5, 0.6) is 5.75 Å². The van der Waals surface area contributed by atoms with E-state index in [9.17, 15) is 18.0 Å². The van der Waals surface area contributed by atoms with Crippen LogP contribution in [0, 0.1) is 6.92 Å². The van der Waals surface area contributed by atoms with Crippen LogP contribution in [-0.2, 0) is 22.3 Å². The average Bonchev–Trinajstić information content (AvgIpc) is 3.32. The maximum atomic E-state index is 12.8. The Bertz CT molecular complexity index is 1310. The summed E-state index contributed by atoms with van der Waals surface area (Å²) in [7, 11) is 1.34. The predicted molar refractivity (Wildman–Crippen MR) is 127 cm³/mol. The standard InChI is InChI=1S/C28H24F3NO4/c1-18-14-26(32-36-18)25(16-27(33)34-2)21-8-12-24(13-9-21)35-17-19-4-3-5-22(15-19)20-6-10-23(11-7-20)28(29,30)31/h3-15,25H,16-17H2,1-2H3/t25-/m0/s1. The molecule has 0 aliphatic heterocycles. The van der Waals surface area contributed by atoms with Crippen molar-refractivity contribution in [2.75, 3.05) is 7.11 Å². The number of esters is 1. The third kappa shape index (κ3) is 6.13. The molecule has 4 rings (SSSR count). The summed E-state index contributed by atoms with van der Waals surface area (Å²) < 4.78 is 54.4. The first-order valence-corrected chi connectivity index (χ1v) is 11.2. The number of methoxy groups -OCH3 is 1. The fourth-order valence-corrected chi connectivity index (χ4v) is 3.85. The summed E-state index contributed by atoms with van der Waals surface area (Å²) in [6.07, 6.45) is -4.24. The van der Waals surface area contributed by atoms with Gasteiger partial charge in [0, 0.05) is 12.0 Å². The first-order chi connectivity index (χ1) is 17.2. The highest BCUT2D eigenvalue weighted by molar-refractivity contribution is 5.71. The summed E-state index contributed by atoms with van der Waals surface area (Å²) in [6.45, 7) is 2.07. The minimum absolute atomic E-state index is 0.124. The van der Waals surface area contributed by atoms with E-state index in [1.807, 2.05) is 48.5 Å². The molecule has 0 spiro atoms. The van der Waals surface area contributed by atoms with Crippen LogP contribution in [0.25, 0.3) is 11.1 Å². The van der Waals surface area contributed by atoms with Crippen LogP contribution in [0.3, 0.4) is 0 Å². The van der Waals surface area contributed by atoms with Gasteiger partial charge in [-0.2, -0.15) is 13.2 Å². The first kappa shape index (κ1) is 25.0. The molecule has 0 fully saturated rings. The quantitative estimate of drug-likeness (QED) is 0.248. The average molecular weight is 495 g/mol. The smallest absolute Gasteiger partial charge is 0.416 e. The van der Waals surface area contributed by atoms with Gasteiger partial charge in [-0.1, -0.05) is 47.6 Å². The van der Waals surface area contributed by atoms with E-state index < -0.39 is 11.7 Å². The van der Waals surface area contributed by atoms with Crippen LogP contribution >= 0.6 is 0 Å². The Morgan fingerprint density at radius 1 is 0.972 bits per heavy atom. The SMILES string of the molecule is COC(=O)C[C@@H](c1ccc(OCc2cccc(-c3ccc(C(F)(F)F)cc3)c2)cc1)c1cc(C)on1. The lowest BCUT2D eigenvalue weighted by Gasteiger charge is -2.14. The maximum absolute atomic E-state index is 12.8. The van der Waals surface area contributed by atoms with Crippen molar-refractivity contribution in [2.24, 2.45) is 0 Å². The number of hydrogen-bond acceptors (Lipinski definition) is 5. The van der Waals surface area contributed by atoms with E-state index in [1.165, 1.54) is 19.2 Å². The largest absolute Gasteiger partial charge is 0.489 e. The van der Waals surface area contributed by atoms with E-state index >= 15 is 0 Å². The molecule has 0 bridgehead atoms. The van der Waals surface area contributed by atoms with Crippen molar-refractivity contribution >= 4 is 5.97 Å². The first-order valence-electron chi connectivity index (χ1n) is 11.2. The number of nitrogens with zero attached hydrogens (tertiary/aromatic N) is 1. The molecule has 0 N–H and O–H groups in total. The van der Waals surface area contributed by atoms with Crippen LogP contribution < -0.4 is 4.74 Å². The van der Waals surface area contributed by atoms with Gasteiger partial charge in [-0.15, -0.1) is 0 Å². The van der Waals surface area contributed by atoms with E-state index in [0.29, 0.717) is 22.8 Å². The number of ether oxygens (including phenoxy) is 2. The van der Waals surface area contributed by atoms with Crippen molar-refractivity contribution < 1.29 is 32.0 Å². The normalized spacial score (nSPS) is 12.2. The Labute approximate surface area is 206 Å². The van der Waals surface area contributed by atoms with Gasteiger partial charge < -0.3 is 14.0 Å². The second-order valence-corrected chi connectivity index (χ2v) is 8.33. The number of hydrogen-bond donors (Lipinski definition) is 0. The Morgan fingerprint density at radius 3 is 2.31 bits per heavy atom. The van der Waals surface area contributed by atoms with Crippen molar-refractivity contribution in [3.8, 4) is 16.9 Å². The molecule has 0 radical (unpaired) electrons. The van der Waals surface area contributed by atoms with Crippen LogP contribution in [0.1, 0.15) is 40.5 Å². The third-order valence-corrected chi connectivity index (χ3v) is 5.76. The summed E-state index contributed by atoms with van der Waals surface area (Å²) >= 11 is 0. The number of aromatic nitrogens is 1. The Morgan fingerprint density at radius 2 is 1.69 bits per heavy atom. The highest BCUT2D eigenvalue weighted by Crippen LogP contribution is 2.32. The van der Waals surface area contributed by atoms with Crippen molar-refractivity contribution in [3.63, 3.8) is 0 Å². The van der Waals surface area contributed by atoms with Gasteiger partial charge in [0.25, 0.3) is 0 Å². The molecule has 0 unspecified atom stereocenters. The molecule has 36 heavy (non-hydrogen) atoms. The molecule has 0 aliphatic rings. The molecular weight excluding hydrogens is 471 g/mol. The van der Waals surface area contributed by atoms with Crippen molar-refractivity contribution in [1.82, 2.24) is 5.16 Å². The van der Waals surface area contributed by atoms with E-state index in [2.05, 4.69) is 5.16 Å². The van der Waals surface area contributed by atoms with Crippen LogP contribution in [0.15, 0.2) is 83.4 Å². The van der Waals surface area contributed by atoms with Crippen LogP contribution in [0.2, 0.25) is 0 Å². The Balaban J connectivity index is 1.44. The predicted octanol–water partition coefficient (Wildman–Crippen LogP) is 6.94. The molecule has 1 heterocycles. The fraction of sp³-hybridized carbons (Fsp3) is 0.214. The number of alkyl halides is 3. The zero-order chi connectivity index (χ0) is 25.7. The lowest BCUT2D eigenvalue weighted by atomic mass is 9.92. The molecule has 4 aromatic rings. The van der Waals surface area contributed by atoms with E-state index in [0.717, 1.165) is 28.8 Å². The van der Waals surface area contributed by atoms with E-state index in [-0.39, 0.29) is 24.9 Å². The summed E-state index contributed by atoms with van der Waals surface area (Å²) in [6, 6.07) is 21.7. The number of halogens is 3. The number of aryl methyl sites for hydroxylation is 1.